The lowest BCUT2D eigenvalue weighted by atomic mass is 9.89. The van der Waals surface area contributed by atoms with Gasteiger partial charge in [-0.2, -0.15) is 0 Å². The number of carbonyl (C=O) groups excluding carboxylic acids is 1. The summed E-state index contributed by atoms with van der Waals surface area (Å²) < 4.78 is 5.97. The number of rotatable bonds is 3. The molecule has 1 fully saturated rings. The molecule has 1 heterocycles. The third-order valence-electron chi connectivity index (χ3n) is 4.00. The zero-order valence-corrected chi connectivity index (χ0v) is 12.1. The molecule has 0 saturated heterocycles. The predicted molar refractivity (Wildman–Crippen MR) is 78.4 cm³/mol. The van der Waals surface area contributed by atoms with E-state index < -0.39 is 0 Å². The maximum atomic E-state index is 12.1. The van der Waals surface area contributed by atoms with E-state index in [0.29, 0.717) is 18.0 Å². The molecule has 1 atom stereocenters. The zero-order valence-electron chi connectivity index (χ0n) is 12.1. The van der Waals surface area contributed by atoms with Crippen molar-refractivity contribution in [3.05, 3.63) is 23.8 Å². The first-order valence-corrected chi connectivity index (χ1v) is 7.31. The summed E-state index contributed by atoms with van der Waals surface area (Å²) in [5.41, 5.74) is 7.28. The molecule has 3 rings (SSSR count). The van der Waals surface area contributed by atoms with Gasteiger partial charge in [0, 0.05) is 24.1 Å². The molecule has 0 bridgehead atoms. The Hall–Kier alpha value is -1.71. The third kappa shape index (κ3) is 2.89. The number of ether oxygens (including phenoxy) is 1. The van der Waals surface area contributed by atoms with Gasteiger partial charge in [0.15, 0.2) is 0 Å². The van der Waals surface area contributed by atoms with E-state index in [4.69, 9.17) is 10.5 Å². The number of anilines is 1. The van der Waals surface area contributed by atoms with Crippen molar-refractivity contribution in [3.8, 4) is 5.75 Å². The Balaban J connectivity index is 1.81. The van der Waals surface area contributed by atoms with Gasteiger partial charge in [0.1, 0.15) is 11.4 Å². The quantitative estimate of drug-likeness (QED) is 0.833. The fraction of sp³-hybridized carbons (Fsp3) is 0.562. The van der Waals surface area contributed by atoms with E-state index in [2.05, 4.69) is 5.32 Å². The summed E-state index contributed by atoms with van der Waals surface area (Å²) in [4.78, 5) is 12.1. The summed E-state index contributed by atoms with van der Waals surface area (Å²) in [5.74, 6) is 1.57. The fourth-order valence-electron chi connectivity index (χ4n) is 2.84. The lowest BCUT2D eigenvalue weighted by Gasteiger charge is -2.38. The van der Waals surface area contributed by atoms with Gasteiger partial charge in [-0.25, -0.2) is 0 Å². The molecule has 4 nitrogen and oxygen atoms in total. The Kier molecular flexibility index (Phi) is 3.11. The molecule has 2 aliphatic rings. The first kappa shape index (κ1) is 13.3. The highest BCUT2D eigenvalue weighted by atomic mass is 16.5. The number of nitrogen functional groups attached to an aromatic ring is 1. The molecule has 1 amide bonds. The van der Waals surface area contributed by atoms with Crippen LogP contribution < -0.4 is 15.8 Å². The number of hydrogen-bond donors (Lipinski definition) is 2. The second kappa shape index (κ2) is 4.69. The Bertz CT molecular complexity index is 535. The van der Waals surface area contributed by atoms with E-state index in [0.717, 1.165) is 17.7 Å². The van der Waals surface area contributed by atoms with Crippen LogP contribution in [0.5, 0.6) is 5.75 Å². The molecule has 1 saturated carbocycles. The Morgan fingerprint density at radius 1 is 1.45 bits per heavy atom. The van der Waals surface area contributed by atoms with Crippen molar-refractivity contribution in [1.82, 2.24) is 5.32 Å². The molecular weight excluding hydrogens is 252 g/mol. The van der Waals surface area contributed by atoms with Crippen LogP contribution in [0, 0.1) is 5.92 Å². The van der Waals surface area contributed by atoms with Gasteiger partial charge in [-0.3, -0.25) is 4.79 Å². The second-order valence-corrected chi connectivity index (χ2v) is 6.63. The second-order valence-electron chi connectivity index (χ2n) is 6.63. The lowest BCUT2D eigenvalue weighted by Crippen LogP contribution is -2.41. The predicted octanol–water partition coefficient (Wildman–Crippen LogP) is 2.79. The summed E-state index contributed by atoms with van der Waals surface area (Å²) in [5, 5.41) is 3.15. The molecule has 108 valence electrons. The average Bonchev–Trinajstić information content (AvgIpc) is 3.13. The molecule has 1 aromatic rings. The molecule has 4 heteroatoms. The van der Waals surface area contributed by atoms with Crippen LogP contribution in [0.2, 0.25) is 0 Å². The number of benzene rings is 1. The monoisotopic (exact) mass is 274 g/mol. The minimum Gasteiger partial charge on any atom is -0.487 e. The zero-order chi connectivity index (χ0) is 14.3. The van der Waals surface area contributed by atoms with Crippen LogP contribution >= 0.6 is 0 Å². The number of hydrogen-bond acceptors (Lipinski definition) is 3. The topological polar surface area (TPSA) is 64.4 Å². The fourth-order valence-corrected chi connectivity index (χ4v) is 2.84. The van der Waals surface area contributed by atoms with Crippen LogP contribution in [-0.2, 0) is 4.79 Å². The first-order valence-electron chi connectivity index (χ1n) is 7.31. The van der Waals surface area contributed by atoms with Crippen molar-refractivity contribution in [2.24, 2.45) is 5.92 Å². The highest BCUT2D eigenvalue weighted by Gasteiger charge is 2.35. The Morgan fingerprint density at radius 2 is 2.20 bits per heavy atom. The summed E-state index contributed by atoms with van der Waals surface area (Å²) in [7, 11) is 0. The van der Waals surface area contributed by atoms with Crippen LogP contribution in [0.15, 0.2) is 18.2 Å². The van der Waals surface area contributed by atoms with E-state index >= 15 is 0 Å². The Labute approximate surface area is 119 Å². The van der Waals surface area contributed by atoms with Gasteiger partial charge in [0.25, 0.3) is 0 Å². The van der Waals surface area contributed by atoms with Gasteiger partial charge in [-0.15, -0.1) is 0 Å². The highest BCUT2D eigenvalue weighted by molar-refractivity contribution is 5.77. The summed E-state index contributed by atoms with van der Waals surface area (Å²) >= 11 is 0. The van der Waals surface area contributed by atoms with Gasteiger partial charge >= 0.3 is 0 Å². The maximum absolute atomic E-state index is 12.1. The standard InChI is InChI=1S/C16H22N2O2/c1-16(2)9-13(18-15(19)7-10-3-4-10)12-8-11(17)5-6-14(12)20-16/h5-6,8,10,13H,3-4,7,9,17H2,1-2H3,(H,18,19). The van der Waals surface area contributed by atoms with Gasteiger partial charge in [-0.1, -0.05) is 0 Å². The Morgan fingerprint density at radius 3 is 2.90 bits per heavy atom. The number of amides is 1. The van der Waals surface area contributed by atoms with Gasteiger partial charge in [0.2, 0.25) is 5.91 Å². The minimum atomic E-state index is -0.277. The van der Waals surface area contributed by atoms with Gasteiger partial charge in [-0.05, 0) is 50.8 Å². The molecule has 1 aliphatic carbocycles. The molecular formula is C16H22N2O2. The lowest BCUT2D eigenvalue weighted by molar-refractivity contribution is -0.122. The number of nitrogens with two attached hydrogens (primary N) is 1. The largest absolute Gasteiger partial charge is 0.487 e. The van der Waals surface area contributed by atoms with E-state index in [9.17, 15) is 4.79 Å². The molecule has 0 spiro atoms. The van der Waals surface area contributed by atoms with E-state index in [1.54, 1.807) is 0 Å². The molecule has 20 heavy (non-hydrogen) atoms. The van der Waals surface area contributed by atoms with Gasteiger partial charge in [0.05, 0.1) is 6.04 Å². The highest BCUT2D eigenvalue weighted by Crippen LogP contribution is 2.40. The SMILES string of the molecule is CC1(C)CC(NC(=O)CC2CC2)c2cc(N)ccc2O1. The van der Waals surface area contributed by atoms with Crippen molar-refractivity contribution in [2.75, 3.05) is 5.73 Å². The first-order chi connectivity index (χ1) is 9.43. The molecule has 1 aromatic carbocycles. The van der Waals surface area contributed by atoms with Crippen LogP contribution in [0.25, 0.3) is 0 Å². The summed E-state index contributed by atoms with van der Waals surface area (Å²) in [6.45, 7) is 4.10. The minimum absolute atomic E-state index is 0.0106. The number of carbonyl (C=O) groups is 1. The normalized spacial score (nSPS) is 23.6. The molecule has 1 unspecified atom stereocenters. The smallest absolute Gasteiger partial charge is 0.220 e. The number of nitrogens with one attached hydrogen (secondary N) is 1. The van der Waals surface area contributed by atoms with E-state index in [1.165, 1.54) is 12.8 Å². The molecule has 0 aromatic heterocycles. The molecule has 3 N–H and O–H groups in total. The van der Waals surface area contributed by atoms with Crippen molar-refractivity contribution in [2.45, 2.75) is 51.2 Å². The average molecular weight is 274 g/mol. The van der Waals surface area contributed by atoms with Crippen LogP contribution in [0.1, 0.15) is 51.1 Å². The van der Waals surface area contributed by atoms with Crippen LogP contribution in [0.3, 0.4) is 0 Å². The molecule has 1 aliphatic heterocycles. The van der Waals surface area contributed by atoms with E-state index in [-0.39, 0.29) is 17.6 Å². The van der Waals surface area contributed by atoms with Gasteiger partial charge < -0.3 is 15.8 Å². The number of fused-ring (bicyclic) bond motifs is 1. The van der Waals surface area contributed by atoms with Crippen molar-refractivity contribution >= 4 is 11.6 Å². The van der Waals surface area contributed by atoms with E-state index in [1.807, 2.05) is 32.0 Å². The maximum Gasteiger partial charge on any atom is 0.220 e. The summed E-state index contributed by atoms with van der Waals surface area (Å²) in [6.07, 6.45) is 3.79. The summed E-state index contributed by atoms with van der Waals surface area (Å²) in [6, 6.07) is 5.63. The van der Waals surface area contributed by atoms with Crippen LogP contribution in [-0.4, -0.2) is 11.5 Å². The van der Waals surface area contributed by atoms with Crippen molar-refractivity contribution in [1.29, 1.82) is 0 Å². The van der Waals surface area contributed by atoms with Crippen molar-refractivity contribution in [3.63, 3.8) is 0 Å². The molecule has 0 radical (unpaired) electrons. The van der Waals surface area contributed by atoms with Crippen molar-refractivity contribution < 1.29 is 9.53 Å². The third-order valence-corrected chi connectivity index (χ3v) is 4.00. The van der Waals surface area contributed by atoms with Crippen LogP contribution in [0.4, 0.5) is 5.69 Å².